The highest BCUT2D eigenvalue weighted by Crippen LogP contribution is 2.17. The summed E-state index contributed by atoms with van der Waals surface area (Å²) in [6, 6.07) is 0. The highest BCUT2D eigenvalue weighted by atomic mass is 15.2. The topological polar surface area (TPSA) is 17.8 Å². The normalized spacial score (nSPS) is 11.0. The van der Waals surface area contributed by atoms with Gasteiger partial charge in [-0.15, -0.1) is 0 Å². The molecule has 0 aliphatic carbocycles. The first kappa shape index (κ1) is 8.31. The highest BCUT2D eigenvalue weighted by molar-refractivity contribution is 5.20. The minimum Gasteiger partial charge on any atom is -0.275 e. The van der Waals surface area contributed by atoms with Crippen molar-refractivity contribution in [1.29, 1.82) is 0 Å². The van der Waals surface area contributed by atoms with Gasteiger partial charge in [0.15, 0.2) is 0 Å². The van der Waals surface area contributed by atoms with E-state index in [1.165, 1.54) is 11.3 Å². The van der Waals surface area contributed by atoms with Crippen molar-refractivity contribution in [3.05, 3.63) is 17.5 Å². The predicted octanol–water partition coefficient (Wildman–Crippen LogP) is 2.11. The standard InChI is InChI=1S/C9H16N2/c1-5-9-8(7(2)3)6-11(4)10-9/h6-7H,5H2,1-4H3. The van der Waals surface area contributed by atoms with E-state index in [1.807, 2.05) is 11.7 Å². The molecule has 1 aromatic heterocycles. The zero-order valence-corrected chi connectivity index (χ0v) is 7.76. The Morgan fingerprint density at radius 2 is 2.18 bits per heavy atom. The first-order chi connectivity index (χ1) is 5.15. The molecule has 0 N–H and O–H groups in total. The van der Waals surface area contributed by atoms with Crippen molar-refractivity contribution in [2.24, 2.45) is 7.05 Å². The van der Waals surface area contributed by atoms with Gasteiger partial charge in [-0.1, -0.05) is 20.8 Å². The molecule has 0 amide bonds. The summed E-state index contributed by atoms with van der Waals surface area (Å²) in [5, 5.41) is 4.37. The molecule has 0 aromatic carbocycles. The van der Waals surface area contributed by atoms with E-state index in [9.17, 15) is 0 Å². The average Bonchev–Trinajstić information content (AvgIpc) is 2.30. The molecule has 11 heavy (non-hydrogen) atoms. The number of hydrogen-bond acceptors (Lipinski definition) is 1. The zero-order chi connectivity index (χ0) is 8.43. The Balaban J connectivity index is 3.02. The number of rotatable bonds is 2. The van der Waals surface area contributed by atoms with Gasteiger partial charge in [0.25, 0.3) is 0 Å². The van der Waals surface area contributed by atoms with Gasteiger partial charge in [0.1, 0.15) is 0 Å². The van der Waals surface area contributed by atoms with Gasteiger partial charge >= 0.3 is 0 Å². The summed E-state index contributed by atoms with van der Waals surface area (Å²) in [6.07, 6.45) is 3.15. The van der Waals surface area contributed by atoms with Crippen molar-refractivity contribution < 1.29 is 0 Å². The van der Waals surface area contributed by atoms with Crippen molar-refractivity contribution >= 4 is 0 Å². The van der Waals surface area contributed by atoms with Crippen LogP contribution in [0.25, 0.3) is 0 Å². The smallest absolute Gasteiger partial charge is 0.0656 e. The summed E-state index contributed by atoms with van der Waals surface area (Å²) in [4.78, 5) is 0. The van der Waals surface area contributed by atoms with Crippen LogP contribution in [0.15, 0.2) is 6.20 Å². The van der Waals surface area contributed by atoms with Gasteiger partial charge in [-0.3, -0.25) is 4.68 Å². The number of aryl methyl sites for hydroxylation is 2. The molecule has 62 valence electrons. The lowest BCUT2D eigenvalue weighted by Crippen LogP contribution is -1.91. The predicted molar refractivity (Wildman–Crippen MR) is 46.7 cm³/mol. The fraction of sp³-hybridized carbons (Fsp3) is 0.667. The largest absolute Gasteiger partial charge is 0.275 e. The van der Waals surface area contributed by atoms with Crippen LogP contribution in [-0.4, -0.2) is 9.78 Å². The van der Waals surface area contributed by atoms with E-state index in [4.69, 9.17) is 0 Å². The van der Waals surface area contributed by atoms with Gasteiger partial charge in [0, 0.05) is 13.2 Å². The molecule has 0 saturated heterocycles. The summed E-state index contributed by atoms with van der Waals surface area (Å²) in [6.45, 7) is 6.56. The van der Waals surface area contributed by atoms with E-state index in [0.29, 0.717) is 5.92 Å². The number of aromatic nitrogens is 2. The third kappa shape index (κ3) is 1.62. The van der Waals surface area contributed by atoms with Crippen LogP contribution in [0.2, 0.25) is 0 Å². The number of nitrogens with zero attached hydrogens (tertiary/aromatic N) is 2. The van der Waals surface area contributed by atoms with Crippen molar-refractivity contribution in [3.8, 4) is 0 Å². The van der Waals surface area contributed by atoms with Crippen LogP contribution in [0, 0.1) is 0 Å². The Morgan fingerprint density at radius 3 is 2.55 bits per heavy atom. The van der Waals surface area contributed by atoms with Crippen LogP contribution in [0.4, 0.5) is 0 Å². The molecular formula is C9H16N2. The Kier molecular flexibility index (Phi) is 2.32. The van der Waals surface area contributed by atoms with Gasteiger partial charge in [-0.05, 0) is 17.9 Å². The minimum atomic E-state index is 0.596. The van der Waals surface area contributed by atoms with E-state index in [0.717, 1.165) is 6.42 Å². The monoisotopic (exact) mass is 152 g/mol. The molecular weight excluding hydrogens is 136 g/mol. The average molecular weight is 152 g/mol. The summed E-state index contributed by atoms with van der Waals surface area (Å²) in [5.41, 5.74) is 2.62. The van der Waals surface area contributed by atoms with Crippen molar-refractivity contribution in [2.45, 2.75) is 33.1 Å². The summed E-state index contributed by atoms with van der Waals surface area (Å²) < 4.78 is 1.90. The van der Waals surface area contributed by atoms with Gasteiger partial charge in [-0.25, -0.2) is 0 Å². The molecule has 0 aliphatic heterocycles. The van der Waals surface area contributed by atoms with Crippen LogP contribution in [0.5, 0.6) is 0 Å². The maximum absolute atomic E-state index is 4.37. The van der Waals surface area contributed by atoms with E-state index in [2.05, 4.69) is 32.1 Å². The maximum Gasteiger partial charge on any atom is 0.0656 e. The van der Waals surface area contributed by atoms with E-state index in [1.54, 1.807) is 0 Å². The molecule has 1 rings (SSSR count). The SMILES string of the molecule is CCc1nn(C)cc1C(C)C. The summed E-state index contributed by atoms with van der Waals surface area (Å²) >= 11 is 0. The molecule has 0 radical (unpaired) electrons. The lowest BCUT2D eigenvalue weighted by Gasteiger charge is -2.01. The van der Waals surface area contributed by atoms with E-state index in [-0.39, 0.29) is 0 Å². The maximum atomic E-state index is 4.37. The molecule has 2 heteroatoms. The Morgan fingerprint density at radius 1 is 1.55 bits per heavy atom. The molecule has 1 aromatic rings. The third-order valence-electron chi connectivity index (χ3n) is 1.89. The lowest BCUT2D eigenvalue weighted by atomic mass is 10.0. The lowest BCUT2D eigenvalue weighted by molar-refractivity contribution is 0.746. The second-order valence-electron chi connectivity index (χ2n) is 3.21. The Bertz CT molecular complexity index is 236. The molecule has 0 atom stereocenters. The molecule has 0 saturated carbocycles. The van der Waals surface area contributed by atoms with Crippen LogP contribution in [-0.2, 0) is 13.5 Å². The molecule has 0 spiro atoms. The van der Waals surface area contributed by atoms with Gasteiger partial charge < -0.3 is 0 Å². The Labute approximate surface area is 68.2 Å². The Hall–Kier alpha value is -0.790. The van der Waals surface area contributed by atoms with Crippen molar-refractivity contribution in [1.82, 2.24) is 9.78 Å². The zero-order valence-electron chi connectivity index (χ0n) is 7.76. The quantitative estimate of drug-likeness (QED) is 0.634. The second-order valence-corrected chi connectivity index (χ2v) is 3.21. The molecule has 1 heterocycles. The fourth-order valence-electron chi connectivity index (χ4n) is 1.31. The molecule has 0 unspecified atom stereocenters. The third-order valence-corrected chi connectivity index (χ3v) is 1.89. The van der Waals surface area contributed by atoms with E-state index < -0.39 is 0 Å². The molecule has 0 aliphatic rings. The van der Waals surface area contributed by atoms with Crippen molar-refractivity contribution in [2.75, 3.05) is 0 Å². The first-order valence-corrected chi connectivity index (χ1v) is 4.17. The minimum absolute atomic E-state index is 0.596. The second kappa shape index (κ2) is 3.07. The van der Waals surface area contributed by atoms with Gasteiger partial charge in [-0.2, -0.15) is 5.10 Å². The molecule has 0 bridgehead atoms. The van der Waals surface area contributed by atoms with Gasteiger partial charge in [0.2, 0.25) is 0 Å². The fourth-order valence-corrected chi connectivity index (χ4v) is 1.31. The van der Waals surface area contributed by atoms with Crippen LogP contribution < -0.4 is 0 Å². The summed E-state index contributed by atoms with van der Waals surface area (Å²) in [7, 11) is 1.98. The first-order valence-electron chi connectivity index (χ1n) is 4.17. The van der Waals surface area contributed by atoms with Crippen LogP contribution in [0.3, 0.4) is 0 Å². The highest BCUT2D eigenvalue weighted by Gasteiger charge is 2.08. The number of hydrogen-bond donors (Lipinski definition) is 0. The van der Waals surface area contributed by atoms with Gasteiger partial charge in [0.05, 0.1) is 5.69 Å². The summed E-state index contributed by atoms with van der Waals surface area (Å²) in [5.74, 6) is 0.596. The molecule has 2 nitrogen and oxygen atoms in total. The molecule has 0 fully saturated rings. The van der Waals surface area contributed by atoms with Crippen molar-refractivity contribution in [3.63, 3.8) is 0 Å². The van der Waals surface area contributed by atoms with E-state index >= 15 is 0 Å². The van der Waals surface area contributed by atoms with Crippen LogP contribution in [0.1, 0.15) is 37.9 Å². The van der Waals surface area contributed by atoms with Crippen LogP contribution >= 0.6 is 0 Å².